The normalized spacial score (nSPS) is 16.7. The van der Waals surface area contributed by atoms with Crippen LogP contribution >= 0.6 is 12.2 Å². The van der Waals surface area contributed by atoms with Crippen LogP contribution in [0.25, 0.3) is 0 Å². The molecule has 3 N–H and O–H groups in total. The topological polar surface area (TPSA) is 78.0 Å². The van der Waals surface area contributed by atoms with Gasteiger partial charge in [0.05, 0.1) is 5.56 Å². The number of hydrogen-bond acceptors (Lipinski definition) is 4. The molecule has 1 fully saturated rings. The highest BCUT2D eigenvalue weighted by atomic mass is 32.1. The molecule has 5 nitrogen and oxygen atoms in total. The minimum Gasteiger partial charge on any atom is -0.478 e. The first-order valence-corrected chi connectivity index (χ1v) is 6.17. The Morgan fingerprint density at radius 3 is 2.82 bits per heavy atom. The molecule has 0 bridgehead atoms. The van der Waals surface area contributed by atoms with Crippen LogP contribution in [0.3, 0.4) is 0 Å². The lowest BCUT2D eigenvalue weighted by Gasteiger charge is -2.23. The molecule has 0 radical (unpaired) electrons. The summed E-state index contributed by atoms with van der Waals surface area (Å²) in [4.78, 5) is 10.9. The molecular formula is C11H15N3O2S. The number of aromatic amines is 1. The first kappa shape index (κ1) is 12.0. The van der Waals surface area contributed by atoms with Crippen LogP contribution in [0.5, 0.6) is 0 Å². The Labute approximate surface area is 104 Å². The highest BCUT2D eigenvalue weighted by molar-refractivity contribution is 7.71. The summed E-state index contributed by atoms with van der Waals surface area (Å²) in [5.41, 5.74) is 0.0910. The fraction of sp³-hybridized carbons (Fsp3) is 0.545. The third-order valence-corrected chi connectivity index (χ3v) is 3.30. The Kier molecular flexibility index (Phi) is 3.73. The second-order valence-corrected chi connectivity index (χ2v) is 4.69. The molecule has 1 aliphatic carbocycles. The second kappa shape index (κ2) is 5.27. The zero-order valence-electron chi connectivity index (χ0n) is 9.40. The van der Waals surface area contributed by atoms with Gasteiger partial charge in [-0.3, -0.25) is 5.10 Å². The maximum Gasteiger partial charge on any atom is 0.338 e. The molecule has 0 atom stereocenters. The zero-order valence-corrected chi connectivity index (χ0v) is 10.2. The molecular weight excluding hydrogens is 238 g/mol. The quantitative estimate of drug-likeness (QED) is 0.722. The monoisotopic (exact) mass is 253 g/mol. The Bertz CT molecular complexity index is 466. The van der Waals surface area contributed by atoms with Gasteiger partial charge in [0, 0.05) is 6.04 Å². The van der Waals surface area contributed by atoms with Crippen LogP contribution in [0.2, 0.25) is 0 Å². The van der Waals surface area contributed by atoms with Crippen LogP contribution in [0.15, 0.2) is 6.07 Å². The van der Waals surface area contributed by atoms with Gasteiger partial charge >= 0.3 is 5.97 Å². The minimum atomic E-state index is -1.03. The molecule has 1 aliphatic rings. The first-order chi connectivity index (χ1) is 8.16. The second-order valence-electron chi connectivity index (χ2n) is 4.28. The van der Waals surface area contributed by atoms with Crippen molar-refractivity contribution in [3.05, 3.63) is 16.3 Å². The van der Waals surface area contributed by atoms with Gasteiger partial charge < -0.3 is 10.4 Å². The first-order valence-electron chi connectivity index (χ1n) is 5.76. The molecule has 0 aromatic carbocycles. The number of rotatable bonds is 3. The van der Waals surface area contributed by atoms with E-state index in [9.17, 15) is 4.79 Å². The number of carboxylic acids is 1. The third kappa shape index (κ3) is 3.03. The Balaban J connectivity index is 2.13. The van der Waals surface area contributed by atoms with Gasteiger partial charge in [0.2, 0.25) is 0 Å². The van der Waals surface area contributed by atoms with Crippen molar-refractivity contribution in [1.29, 1.82) is 0 Å². The van der Waals surface area contributed by atoms with Gasteiger partial charge in [0.25, 0.3) is 0 Å². The molecule has 92 valence electrons. The van der Waals surface area contributed by atoms with E-state index in [-0.39, 0.29) is 10.2 Å². The van der Waals surface area contributed by atoms with Crippen molar-refractivity contribution >= 4 is 24.0 Å². The van der Waals surface area contributed by atoms with Crippen molar-refractivity contribution < 1.29 is 9.90 Å². The molecule has 1 saturated carbocycles. The molecule has 0 amide bonds. The van der Waals surface area contributed by atoms with Crippen molar-refractivity contribution in [2.45, 2.75) is 38.1 Å². The Hall–Kier alpha value is -1.43. The molecule has 0 unspecified atom stereocenters. The number of carbonyl (C=O) groups is 1. The van der Waals surface area contributed by atoms with Crippen molar-refractivity contribution in [1.82, 2.24) is 10.2 Å². The number of aromatic carboxylic acids is 1. The van der Waals surface area contributed by atoms with Crippen LogP contribution in [0, 0.1) is 4.64 Å². The summed E-state index contributed by atoms with van der Waals surface area (Å²) in [6.07, 6.45) is 5.93. The lowest BCUT2D eigenvalue weighted by Crippen LogP contribution is -2.23. The van der Waals surface area contributed by atoms with Gasteiger partial charge in [-0.25, -0.2) is 4.79 Å². The van der Waals surface area contributed by atoms with Gasteiger partial charge in [-0.1, -0.05) is 31.5 Å². The van der Waals surface area contributed by atoms with Crippen molar-refractivity contribution in [3.63, 3.8) is 0 Å². The zero-order chi connectivity index (χ0) is 12.3. The van der Waals surface area contributed by atoms with Gasteiger partial charge in [-0.2, -0.15) is 5.10 Å². The molecule has 1 aromatic rings. The number of hydrogen-bond donors (Lipinski definition) is 3. The number of anilines is 1. The maximum absolute atomic E-state index is 10.9. The SMILES string of the molecule is O=C(O)c1cc(NC2CCCCC2)n[nH]c1=S. The summed E-state index contributed by atoms with van der Waals surface area (Å²) in [6.45, 7) is 0. The number of nitrogens with one attached hydrogen (secondary N) is 2. The van der Waals surface area contributed by atoms with Gasteiger partial charge in [-0.15, -0.1) is 0 Å². The van der Waals surface area contributed by atoms with Crippen LogP contribution < -0.4 is 5.32 Å². The average Bonchev–Trinajstić information content (AvgIpc) is 2.32. The van der Waals surface area contributed by atoms with Crippen LogP contribution in [0.1, 0.15) is 42.5 Å². The van der Waals surface area contributed by atoms with E-state index >= 15 is 0 Å². The standard InChI is InChI=1S/C11H15N3O2S/c15-11(16)8-6-9(13-14-10(8)17)12-7-4-2-1-3-5-7/h6-7H,1-5H2,(H,12,13)(H,14,17)(H,15,16). The summed E-state index contributed by atoms with van der Waals surface area (Å²) in [7, 11) is 0. The van der Waals surface area contributed by atoms with Gasteiger partial charge in [-0.05, 0) is 18.9 Å². The predicted octanol–water partition coefficient (Wildman–Crippen LogP) is 2.58. The van der Waals surface area contributed by atoms with E-state index < -0.39 is 5.97 Å². The highest BCUT2D eigenvalue weighted by Crippen LogP contribution is 2.20. The van der Waals surface area contributed by atoms with E-state index in [0.717, 1.165) is 12.8 Å². The van der Waals surface area contributed by atoms with E-state index in [2.05, 4.69) is 15.5 Å². The molecule has 1 heterocycles. The largest absolute Gasteiger partial charge is 0.478 e. The summed E-state index contributed by atoms with van der Waals surface area (Å²) >= 11 is 4.87. The number of H-pyrrole nitrogens is 1. The summed E-state index contributed by atoms with van der Waals surface area (Å²) in [6, 6.07) is 1.89. The van der Waals surface area contributed by atoms with E-state index in [1.54, 1.807) is 0 Å². The average molecular weight is 253 g/mol. The Morgan fingerprint density at radius 1 is 1.47 bits per heavy atom. The Morgan fingerprint density at radius 2 is 2.18 bits per heavy atom. The summed E-state index contributed by atoms with van der Waals surface area (Å²) in [5.74, 6) is -0.469. The van der Waals surface area contributed by atoms with Crippen molar-refractivity contribution in [2.24, 2.45) is 0 Å². The van der Waals surface area contributed by atoms with E-state index in [4.69, 9.17) is 17.3 Å². The summed E-state index contributed by atoms with van der Waals surface area (Å²) in [5, 5.41) is 18.8. The molecule has 1 aromatic heterocycles. The van der Waals surface area contributed by atoms with E-state index in [1.807, 2.05) is 0 Å². The lowest BCUT2D eigenvalue weighted by molar-refractivity contribution is 0.0695. The fourth-order valence-electron chi connectivity index (χ4n) is 2.09. The molecule has 6 heteroatoms. The van der Waals surface area contributed by atoms with Gasteiger partial charge in [0.1, 0.15) is 10.5 Å². The molecule has 2 rings (SSSR count). The lowest BCUT2D eigenvalue weighted by atomic mass is 9.95. The predicted molar refractivity (Wildman–Crippen MR) is 66.9 cm³/mol. The summed E-state index contributed by atoms with van der Waals surface area (Å²) < 4.78 is 0.159. The van der Waals surface area contributed by atoms with Crippen molar-refractivity contribution in [2.75, 3.05) is 5.32 Å². The highest BCUT2D eigenvalue weighted by Gasteiger charge is 2.15. The maximum atomic E-state index is 10.9. The third-order valence-electron chi connectivity index (χ3n) is 2.99. The van der Waals surface area contributed by atoms with Crippen LogP contribution in [-0.2, 0) is 0 Å². The fourth-order valence-corrected chi connectivity index (χ4v) is 2.29. The van der Waals surface area contributed by atoms with Gasteiger partial charge in [0.15, 0.2) is 0 Å². The number of aromatic nitrogens is 2. The molecule has 0 saturated heterocycles. The van der Waals surface area contributed by atoms with Crippen LogP contribution in [-0.4, -0.2) is 27.3 Å². The smallest absolute Gasteiger partial charge is 0.338 e. The van der Waals surface area contributed by atoms with E-state index in [0.29, 0.717) is 11.9 Å². The minimum absolute atomic E-state index is 0.0910. The number of nitrogens with zero attached hydrogens (tertiary/aromatic N) is 1. The molecule has 0 spiro atoms. The van der Waals surface area contributed by atoms with Crippen molar-refractivity contribution in [3.8, 4) is 0 Å². The molecule has 17 heavy (non-hydrogen) atoms. The number of carboxylic acid groups (broad SMARTS) is 1. The molecule has 0 aliphatic heterocycles. The van der Waals surface area contributed by atoms with E-state index in [1.165, 1.54) is 25.3 Å². The van der Waals surface area contributed by atoms with Crippen LogP contribution in [0.4, 0.5) is 5.82 Å².